The molecule has 1 fully saturated rings. The topological polar surface area (TPSA) is 88.1 Å². The van der Waals surface area contributed by atoms with Crippen molar-refractivity contribution in [3.05, 3.63) is 10.5 Å². The van der Waals surface area contributed by atoms with E-state index in [4.69, 9.17) is 4.74 Å². The molecule has 2 N–H and O–H groups in total. The average Bonchev–Trinajstić information content (AvgIpc) is 2.97. The van der Waals surface area contributed by atoms with Gasteiger partial charge in [-0.1, -0.05) is 20.3 Å². The number of piperidine rings is 1. The van der Waals surface area contributed by atoms with Crippen molar-refractivity contribution in [3.8, 4) is 6.01 Å². The number of fused-ring (bicyclic) bond motifs is 1. The summed E-state index contributed by atoms with van der Waals surface area (Å²) < 4.78 is 7.43. The van der Waals surface area contributed by atoms with Crippen LogP contribution in [0.3, 0.4) is 0 Å². The van der Waals surface area contributed by atoms with Crippen molar-refractivity contribution in [2.75, 3.05) is 38.6 Å². The number of nitrogens with one attached hydrogen (secondary N) is 2. The van der Waals surface area contributed by atoms with Crippen LogP contribution in [0.4, 0.5) is 5.82 Å². The van der Waals surface area contributed by atoms with Crippen LogP contribution in [0.25, 0.3) is 11.2 Å². The van der Waals surface area contributed by atoms with Crippen LogP contribution in [0, 0.1) is 5.92 Å². The van der Waals surface area contributed by atoms with Crippen molar-refractivity contribution in [2.24, 2.45) is 5.92 Å². The largest absolute Gasteiger partial charge is 0.463 e. The smallest absolute Gasteiger partial charge is 0.327 e. The SMILES string of the molecule is CCCCOc1nc(NC)c2[nH]c(=O)n(CC3CCN(CC)CC3)c2n1. The molecule has 2 aromatic rings. The van der Waals surface area contributed by atoms with E-state index in [1.165, 1.54) is 0 Å². The second-order valence-electron chi connectivity index (χ2n) is 6.92. The van der Waals surface area contributed by atoms with E-state index in [2.05, 4.69) is 39.0 Å². The van der Waals surface area contributed by atoms with E-state index in [0.29, 0.717) is 42.1 Å². The number of hydrogen-bond donors (Lipinski definition) is 2. The van der Waals surface area contributed by atoms with E-state index in [1.54, 1.807) is 11.6 Å². The first-order chi connectivity index (χ1) is 12.7. The van der Waals surface area contributed by atoms with Crippen LogP contribution in [0.2, 0.25) is 0 Å². The number of nitrogens with zero attached hydrogens (tertiary/aromatic N) is 4. The van der Waals surface area contributed by atoms with Gasteiger partial charge in [0.15, 0.2) is 11.5 Å². The highest BCUT2D eigenvalue weighted by Gasteiger charge is 2.22. The molecule has 0 aliphatic carbocycles. The third-order valence-electron chi connectivity index (χ3n) is 5.16. The fourth-order valence-electron chi connectivity index (χ4n) is 3.48. The van der Waals surface area contributed by atoms with Crippen LogP contribution < -0.4 is 15.7 Å². The summed E-state index contributed by atoms with van der Waals surface area (Å²) in [6.45, 7) is 8.86. The van der Waals surface area contributed by atoms with E-state index < -0.39 is 0 Å². The number of aromatic nitrogens is 4. The molecule has 0 radical (unpaired) electrons. The lowest BCUT2D eigenvalue weighted by Gasteiger charge is -2.30. The van der Waals surface area contributed by atoms with E-state index in [9.17, 15) is 4.79 Å². The van der Waals surface area contributed by atoms with Gasteiger partial charge in [-0.05, 0) is 44.8 Å². The van der Waals surface area contributed by atoms with Gasteiger partial charge in [0.1, 0.15) is 5.52 Å². The zero-order valence-corrected chi connectivity index (χ0v) is 16.0. The highest BCUT2D eigenvalue weighted by molar-refractivity contribution is 5.83. The van der Waals surface area contributed by atoms with Crippen molar-refractivity contribution in [1.82, 2.24) is 24.4 Å². The van der Waals surface area contributed by atoms with Gasteiger partial charge >= 0.3 is 11.7 Å². The lowest BCUT2D eigenvalue weighted by Crippen LogP contribution is -2.35. The zero-order valence-electron chi connectivity index (χ0n) is 16.0. The Bertz CT molecular complexity index is 776. The molecular formula is C18H30N6O2. The fourth-order valence-corrected chi connectivity index (χ4v) is 3.48. The van der Waals surface area contributed by atoms with Crippen LogP contribution in [0.5, 0.6) is 6.01 Å². The maximum Gasteiger partial charge on any atom is 0.327 e. The minimum Gasteiger partial charge on any atom is -0.463 e. The summed E-state index contributed by atoms with van der Waals surface area (Å²) in [5.74, 6) is 1.09. The summed E-state index contributed by atoms with van der Waals surface area (Å²) >= 11 is 0. The maximum absolute atomic E-state index is 12.5. The van der Waals surface area contributed by atoms with Gasteiger partial charge in [0.2, 0.25) is 0 Å². The first-order valence-electron chi connectivity index (χ1n) is 9.69. The van der Waals surface area contributed by atoms with Gasteiger partial charge in [-0.25, -0.2) is 4.79 Å². The first-order valence-corrected chi connectivity index (χ1v) is 9.69. The molecule has 1 aliphatic rings. The standard InChI is InChI=1S/C18H30N6O2/c1-4-6-11-26-17-21-15(19-3)14-16(22-17)24(18(25)20-14)12-13-7-9-23(5-2)10-8-13/h13H,4-12H2,1-3H3,(H,20,25)(H,19,21,22). The zero-order chi connectivity index (χ0) is 18.5. The molecule has 0 bridgehead atoms. The third kappa shape index (κ3) is 4.00. The molecule has 0 amide bonds. The highest BCUT2D eigenvalue weighted by Crippen LogP contribution is 2.23. The number of H-pyrrole nitrogens is 1. The number of aromatic amines is 1. The predicted octanol–water partition coefficient (Wildman–Crippen LogP) is 2.07. The minimum absolute atomic E-state index is 0.130. The second kappa shape index (κ2) is 8.53. The Morgan fingerprint density at radius 2 is 2.04 bits per heavy atom. The molecule has 0 aromatic carbocycles. The Labute approximate surface area is 154 Å². The maximum atomic E-state index is 12.5. The molecule has 3 heterocycles. The van der Waals surface area contributed by atoms with Crippen LogP contribution in [0.1, 0.15) is 39.5 Å². The number of imidazole rings is 1. The quantitative estimate of drug-likeness (QED) is 0.699. The number of likely N-dealkylation sites (tertiary alicyclic amines) is 1. The molecule has 3 rings (SSSR count). The Kier molecular flexibility index (Phi) is 6.13. The summed E-state index contributed by atoms with van der Waals surface area (Å²) in [4.78, 5) is 26.8. The van der Waals surface area contributed by atoms with Gasteiger partial charge in [0.25, 0.3) is 0 Å². The van der Waals surface area contributed by atoms with Crippen LogP contribution in [-0.4, -0.2) is 57.7 Å². The Morgan fingerprint density at radius 1 is 1.27 bits per heavy atom. The third-order valence-corrected chi connectivity index (χ3v) is 5.16. The number of ether oxygens (including phenoxy) is 1. The Balaban J connectivity index is 1.86. The molecule has 8 nitrogen and oxygen atoms in total. The molecule has 1 saturated heterocycles. The van der Waals surface area contributed by atoms with Gasteiger partial charge in [-0.3, -0.25) is 4.57 Å². The predicted molar refractivity (Wildman–Crippen MR) is 103 cm³/mol. The van der Waals surface area contributed by atoms with Gasteiger partial charge in [-0.15, -0.1) is 0 Å². The molecule has 2 aromatic heterocycles. The number of unbranched alkanes of at least 4 members (excludes halogenated alkanes) is 1. The molecule has 0 spiro atoms. The van der Waals surface area contributed by atoms with Crippen molar-refractivity contribution >= 4 is 17.0 Å². The van der Waals surface area contributed by atoms with Crippen molar-refractivity contribution in [1.29, 1.82) is 0 Å². The van der Waals surface area contributed by atoms with Crippen LogP contribution in [-0.2, 0) is 6.54 Å². The van der Waals surface area contributed by atoms with E-state index in [-0.39, 0.29) is 5.69 Å². The van der Waals surface area contributed by atoms with Crippen molar-refractivity contribution in [2.45, 2.75) is 46.1 Å². The summed E-state index contributed by atoms with van der Waals surface area (Å²) in [7, 11) is 1.79. The van der Waals surface area contributed by atoms with Crippen molar-refractivity contribution < 1.29 is 4.74 Å². The van der Waals surface area contributed by atoms with E-state index in [1.807, 2.05) is 0 Å². The summed E-state index contributed by atoms with van der Waals surface area (Å²) in [5.41, 5.74) is 1.14. The molecule has 144 valence electrons. The lowest BCUT2D eigenvalue weighted by atomic mass is 9.97. The van der Waals surface area contributed by atoms with Gasteiger partial charge in [-0.2, -0.15) is 9.97 Å². The van der Waals surface area contributed by atoms with E-state index in [0.717, 1.165) is 45.3 Å². The molecular weight excluding hydrogens is 332 g/mol. The normalized spacial score (nSPS) is 16.3. The number of rotatable bonds is 8. The minimum atomic E-state index is -0.130. The highest BCUT2D eigenvalue weighted by atomic mass is 16.5. The Hall–Kier alpha value is -2.09. The van der Waals surface area contributed by atoms with Gasteiger partial charge in [0, 0.05) is 13.6 Å². The number of anilines is 1. The molecule has 8 heteroatoms. The van der Waals surface area contributed by atoms with Crippen LogP contribution >= 0.6 is 0 Å². The summed E-state index contributed by atoms with van der Waals surface area (Å²) in [6, 6.07) is 0.323. The summed E-state index contributed by atoms with van der Waals surface area (Å²) in [5, 5.41) is 3.04. The molecule has 0 atom stereocenters. The second-order valence-corrected chi connectivity index (χ2v) is 6.92. The summed E-state index contributed by atoms with van der Waals surface area (Å²) in [6.07, 6.45) is 4.21. The number of hydrogen-bond acceptors (Lipinski definition) is 6. The molecule has 26 heavy (non-hydrogen) atoms. The fraction of sp³-hybridized carbons (Fsp3) is 0.722. The Morgan fingerprint density at radius 3 is 2.69 bits per heavy atom. The average molecular weight is 362 g/mol. The molecule has 0 saturated carbocycles. The van der Waals surface area contributed by atoms with Crippen LogP contribution in [0.15, 0.2) is 4.79 Å². The van der Waals surface area contributed by atoms with Gasteiger partial charge in [0.05, 0.1) is 6.61 Å². The monoisotopic (exact) mass is 362 g/mol. The van der Waals surface area contributed by atoms with E-state index >= 15 is 0 Å². The lowest BCUT2D eigenvalue weighted by molar-refractivity contribution is 0.181. The van der Waals surface area contributed by atoms with Gasteiger partial charge < -0.3 is 19.9 Å². The molecule has 1 aliphatic heterocycles. The first kappa shape index (κ1) is 18.7. The molecule has 0 unspecified atom stereocenters. The van der Waals surface area contributed by atoms with Crippen molar-refractivity contribution in [3.63, 3.8) is 0 Å².